The van der Waals surface area contributed by atoms with Gasteiger partial charge in [-0.25, -0.2) is 4.79 Å². The first-order chi connectivity index (χ1) is 35.8. The van der Waals surface area contributed by atoms with Crippen molar-refractivity contribution in [2.24, 2.45) is 17.6 Å². The molecule has 15 N–H and O–H groups in total. The van der Waals surface area contributed by atoms with Crippen LogP contribution >= 0.6 is 21.6 Å². The second-order valence-corrected chi connectivity index (χ2v) is 21.6. The second-order valence-electron chi connectivity index (χ2n) is 19.0. The predicted molar refractivity (Wildman–Crippen MR) is 285 cm³/mol. The number of aliphatic hydroxyl groups is 3. The first kappa shape index (κ1) is 59.9. The smallest absolute Gasteiger partial charge is 0.328 e. The van der Waals surface area contributed by atoms with Crippen molar-refractivity contribution in [3.05, 3.63) is 84.1 Å². The van der Waals surface area contributed by atoms with E-state index in [1.165, 1.54) is 6.92 Å². The Balaban J connectivity index is 1.58. The molecule has 2 heterocycles. The van der Waals surface area contributed by atoms with Gasteiger partial charge >= 0.3 is 5.97 Å². The molecule has 24 heteroatoms. The summed E-state index contributed by atoms with van der Waals surface area (Å²) in [4.78, 5) is 116. The summed E-state index contributed by atoms with van der Waals surface area (Å²) in [6, 6.07) is -4.15. The number of fused-ring (bicyclic) bond motifs is 1. The zero-order chi connectivity index (χ0) is 54.8. The average molecular weight is 1080 g/mol. The van der Waals surface area contributed by atoms with Crippen molar-refractivity contribution in [2.75, 3.05) is 25.1 Å². The van der Waals surface area contributed by atoms with Crippen LogP contribution in [0.5, 0.6) is 0 Å². The summed E-state index contributed by atoms with van der Waals surface area (Å²) in [7, 11) is 3.56. The minimum absolute atomic E-state index is 0.00847. The quantitative estimate of drug-likeness (QED) is 0.0659. The van der Waals surface area contributed by atoms with Crippen molar-refractivity contribution in [3.8, 4) is 0 Å². The van der Waals surface area contributed by atoms with E-state index in [4.69, 9.17) is 5.73 Å². The van der Waals surface area contributed by atoms with E-state index in [1.54, 1.807) is 37.5 Å². The lowest BCUT2D eigenvalue weighted by Crippen LogP contribution is -2.62. The van der Waals surface area contributed by atoms with Crippen LogP contribution in [0.15, 0.2) is 78.6 Å². The number of hydrogen-bond acceptors (Lipinski definition) is 15. The fourth-order valence-electron chi connectivity index (χ4n) is 8.68. The number of likely N-dealkylation sites (N-methyl/N-ethyl adjacent to an activating group) is 1. The van der Waals surface area contributed by atoms with Crippen LogP contribution in [0.25, 0.3) is 10.9 Å². The number of aromatic amines is 1. The topological polar surface area (TPSA) is 356 Å². The van der Waals surface area contributed by atoms with E-state index in [0.717, 1.165) is 39.4 Å². The normalized spacial score (nSPS) is 27.0. The number of aliphatic carboxylic acids is 1. The van der Waals surface area contributed by atoms with Crippen LogP contribution in [0.4, 0.5) is 0 Å². The first-order valence-electron chi connectivity index (χ1n) is 25.1. The fraction of sp³-hybridized carbons (Fsp3) is 0.529. The molecule has 2 aliphatic carbocycles. The van der Waals surface area contributed by atoms with E-state index in [-0.39, 0.29) is 55.6 Å². The summed E-state index contributed by atoms with van der Waals surface area (Å²) in [6.45, 7) is 4.62. The molecule has 0 radical (unpaired) electrons. The lowest BCUT2D eigenvalue weighted by molar-refractivity contribution is -0.145. The molecule has 22 nitrogen and oxygen atoms in total. The third-order valence-corrected chi connectivity index (χ3v) is 15.6. The SMILES string of the molecule is CN[C@H](CC1C=CC=CC1C)C(=O)N[C@H]1CSSC[C@@H](C(=O)N[C@H](C(=O)O)C(C)O)NC(=O)[C@H](C(C)O)NC(=O)[C@H](CCCCN)NC(=O)[C@@H](Cc2c[nH]c3ccccc23)NC(=O)[C@H](CC2=CCC(O)C=C2)NC1=O. The number of carboxylic acid groups (broad SMARTS) is 1. The van der Waals surface area contributed by atoms with Gasteiger partial charge in [0.1, 0.15) is 36.3 Å². The van der Waals surface area contributed by atoms with Crippen molar-refractivity contribution < 1.29 is 58.8 Å². The van der Waals surface area contributed by atoms with Crippen molar-refractivity contribution in [2.45, 2.75) is 132 Å². The van der Waals surface area contributed by atoms with Crippen LogP contribution in [-0.4, -0.2) is 164 Å². The molecule has 1 aromatic carbocycles. The number of nitrogens with two attached hydrogens (primary N) is 1. The lowest BCUT2D eigenvalue weighted by atomic mass is 9.85. The number of rotatable bonds is 18. The molecular formula is C51H72N10O12S2. The largest absolute Gasteiger partial charge is 0.480 e. The number of allylic oxidation sites excluding steroid dienone is 5. The zero-order valence-electron chi connectivity index (χ0n) is 42.5. The number of aromatic nitrogens is 1. The molecule has 3 aliphatic rings. The molecule has 2 aromatic rings. The standard InChI is InChI=1S/C51H72N10O12S2/c1-27-11-5-6-12-31(27)22-37(53-4)45(66)58-40-25-74-75-26-41(49(70)61-43(29(3)63)51(72)73)59-50(71)42(28(2)62)60-44(65)36(15-9-10-20-52)55-47(68)39(23-32-24-54-35-14-8-7-13-34(32)35)57-46(67)38(56-48(40)69)21-30-16-18-33(64)19-17-30/h5-8,11-14,16-18,24,27-29,31,33,36-43,53-54,62-64H,9-10,15,19-23,25-26,52H2,1-4H3,(H,55,68)(H,56,69)(H,57,67)(H,58,66)(H,59,71)(H,60,65)(H,61,70)(H,72,73)/t27?,28?,29?,31?,33?,36-,37+,38-,39+,40-,41-,42-,43-/m0/s1. The highest BCUT2D eigenvalue weighted by Gasteiger charge is 2.37. The van der Waals surface area contributed by atoms with Gasteiger partial charge in [-0.3, -0.25) is 33.6 Å². The Hall–Kier alpha value is -6.02. The minimum Gasteiger partial charge on any atom is -0.480 e. The number of hydrogen-bond donors (Lipinski definition) is 14. The van der Waals surface area contributed by atoms with Gasteiger partial charge in [0.25, 0.3) is 0 Å². The molecule has 1 saturated heterocycles. The average Bonchev–Trinajstić information content (AvgIpc) is 3.78. The summed E-state index contributed by atoms with van der Waals surface area (Å²) in [6.07, 6.45) is 11.5. The highest BCUT2D eigenvalue weighted by Crippen LogP contribution is 2.27. The molecule has 75 heavy (non-hydrogen) atoms. The van der Waals surface area contributed by atoms with Crippen molar-refractivity contribution in [1.82, 2.24) is 47.5 Å². The van der Waals surface area contributed by atoms with Gasteiger partial charge in [0.15, 0.2) is 6.04 Å². The van der Waals surface area contributed by atoms with Gasteiger partial charge in [0.05, 0.1) is 24.4 Å². The maximum Gasteiger partial charge on any atom is 0.328 e. The van der Waals surface area contributed by atoms with Crippen LogP contribution in [0.1, 0.15) is 64.9 Å². The van der Waals surface area contributed by atoms with E-state index < -0.39 is 114 Å². The zero-order valence-corrected chi connectivity index (χ0v) is 44.1. The molecule has 0 bridgehead atoms. The Morgan fingerprint density at radius 2 is 1.49 bits per heavy atom. The Morgan fingerprint density at radius 3 is 2.15 bits per heavy atom. The van der Waals surface area contributed by atoms with Crippen LogP contribution < -0.4 is 48.3 Å². The van der Waals surface area contributed by atoms with Gasteiger partial charge in [-0.2, -0.15) is 0 Å². The van der Waals surface area contributed by atoms with Crippen LogP contribution in [0.3, 0.4) is 0 Å². The first-order valence-corrected chi connectivity index (χ1v) is 27.6. The number of benzene rings is 1. The Labute approximate surface area is 443 Å². The maximum absolute atomic E-state index is 14.8. The van der Waals surface area contributed by atoms with Gasteiger partial charge in [-0.1, -0.05) is 89.2 Å². The summed E-state index contributed by atoms with van der Waals surface area (Å²) in [5.74, 6) is -7.98. The van der Waals surface area contributed by atoms with E-state index in [1.807, 2.05) is 49.4 Å². The van der Waals surface area contributed by atoms with Crippen molar-refractivity contribution in [1.29, 1.82) is 0 Å². The molecule has 0 saturated carbocycles. The molecule has 7 amide bonds. The number of carbonyl (C=O) groups is 8. The molecule has 0 spiro atoms. The van der Waals surface area contributed by atoms with Crippen LogP contribution in [0, 0.1) is 11.8 Å². The number of nitrogens with one attached hydrogen (secondary N) is 9. The molecule has 1 aliphatic heterocycles. The van der Waals surface area contributed by atoms with Gasteiger partial charge < -0.3 is 73.7 Å². The van der Waals surface area contributed by atoms with Gasteiger partial charge in [-0.05, 0) is 88.6 Å². The summed E-state index contributed by atoms with van der Waals surface area (Å²) in [5, 5.41) is 63.3. The number of H-pyrrole nitrogens is 1. The maximum atomic E-state index is 14.8. The fourth-order valence-corrected chi connectivity index (χ4v) is 11.0. The highest BCUT2D eigenvalue weighted by atomic mass is 33.1. The number of para-hydroxylation sites is 1. The minimum atomic E-state index is -1.81. The number of carboxylic acids is 1. The third-order valence-electron chi connectivity index (χ3n) is 13.2. The van der Waals surface area contributed by atoms with Gasteiger partial charge in [0, 0.05) is 41.4 Å². The number of aliphatic hydroxyl groups excluding tert-OH is 3. The third kappa shape index (κ3) is 17.8. The summed E-state index contributed by atoms with van der Waals surface area (Å²) >= 11 is 0. The number of amides is 7. The molecule has 13 atom stereocenters. The Kier molecular flexibility index (Phi) is 23.4. The monoisotopic (exact) mass is 1080 g/mol. The Bertz CT molecular complexity index is 2460. The molecule has 5 unspecified atom stereocenters. The van der Waals surface area contributed by atoms with Gasteiger partial charge in [-0.15, -0.1) is 0 Å². The van der Waals surface area contributed by atoms with E-state index in [0.29, 0.717) is 30.4 Å². The van der Waals surface area contributed by atoms with Crippen LogP contribution in [0.2, 0.25) is 0 Å². The van der Waals surface area contributed by atoms with Gasteiger partial charge in [0.2, 0.25) is 41.4 Å². The lowest BCUT2D eigenvalue weighted by Gasteiger charge is -2.30. The van der Waals surface area contributed by atoms with E-state index >= 15 is 0 Å². The predicted octanol–water partition coefficient (Wildman–Crippen LogP) is -0.532. The van der Waals surface area contributed by atoms with Crippen molar-refractivity contribution in [3.63, 3.8) is 0 Å². The van der Waals surface area contributed by atoms with E-state index in [2.05, 4.69) is 47.5 Å². The molecule has 5 rings (SSSR count). The number of unbranched alkanes of at least 4 members (excludes halogenated alkanes) is 1. The number of carbonyl (C=O) groups excluding carboxylic acids is 7. The molecule has 1 aromatic heterocycles. The molecule has 410 valence electrons. The molecule has 1 fully saturated rings. The second kappa shape index (κ2) is 29.3. The van der Waals surface area contributed by atoms with E-state index in [9.17, 15) is 58.8 Å². The molecular weight excluding hydrogens is 1010 g/mol. The van der Waals surface area contributed by atoms with Crippen LogP contribution in [-0.2, 0) is 44.8 Å². The highest BCUT2D eigenvalue weighted by molar-refractivity contribution is 8.76. The van der Waals surface area contributed by atoms with Crippen molar-refractivity contribution >= 4 is 79.8 Å². The Morgan fingerprint density at radius 1 is 0.827 bits per heavy atom. The summed E-state index contributed by atoms with van der Waals surface area (Å²) < 4.78 is 0. The summed E-state index contributed by atoms with van der Waals surface area (Å²) in [5.41, 5.74) is 7.73.